The van der Waals surface area contributed by atoms with E-state index in [2.05, 4.69) is 48.8 Å². The van der Waals surface area contributed by atoms with Gasteiger partial charge in [0.15, 0.2) is 0 Å². The predicted octanol–water partition coefficient (Wildman–Crippen LogP) is 8.39. The Morgan fingerprint density at radius 2 is 1.26 bits per heavy atom. The third-order valence-electron chi connectivity index (χ3n) is 3.73. The van der Waals surface area contributed by atoms with E-state index in [1.807, 2.05) is 60.7 Å². The maximum absolute atomic E-state index is 4.64. The molecule has 0 aromatic heterocycles. The molecule has 3 heteroatoms. The fourth-order valence-electron chi connectivity index (χ4n) is 2.51. The quantitative estimate of drug-likeness (QED) is 0.255. The fraction of sp³-hybridized carbons (Fsp3) is 0.292. The molecule has 0 spiro atoms. The topological polar surface area (TPSA) is 28.2 Å². The van der Waals surface area contributed by atoms with Crippen molar-refractivity contribution in [2.45, 2.75) is 45.6 Å². The third kappa shape index (κ3) is 10.1. The molecule has 27 heavy (non-hydrogen) atoms. The summed E-state index contributed by atoms with van der Waals surface area (Å²) in [5, 5.41) is 9.24. The Morgan fingerprint density at radius 3 is 1.81 bits per heavy atom. The van der Waals surface area contributed by atoms with Crippen molar-refractivity contribution in [1.29, 1.82) is 0 Å². The third-order valence-corrected chi connectivity index (χ3v) is 3.73. The zero-order valence-electron chi connectivity index (χ0n) is 16.2. The van der Waals surface area contributed by atoms with Gasteiger partial charge in [0.1, 0.15) is 0 Å². The van der Waals surface area contributed by atoms with E-state index < -0.39 is 0 Å². The van der Waals surface area contributed by atoms with Gasteiger partial charge in [-0.3, -0.25) is 0 Å². The van der Waals surface area contributed by atoms with Crippen molar-refractivity contribution in [3.8, 4) is 0 Å². The smallest absolute Gasteiger partial charge is 0.00587 e. The average molecular weight is 448 g/mol. The van der Waals surface area contributed by atoms with Gasteiger partial charge in [-0.15, -0.1) is 6.04 Å². The number of allylic oxidation sites excluding steroid dienone is 4. The van der Waals surface area contributed by atoms with Crippen molar-refractivity contribution >= 4 is 17.1 Å². The molecule has 3 rings (SSSR count). The Hall–Kier alpha value is -1.99. The van der Waals surface area contributed by atoms with Crippen LogP contribution in [0.5, 0.6) is 0 Å². The van der Waals surface area contributed by atoms with Crippen LogP contribution in [0.25, 0.3) is 10.6 Å². The summed E-state index contributed by atoms with van der Waals surface area (Å²) in [5.74, 6) is 0. The van der Waals surface area contributed by atoms with Gasteiger partial charge in [-0.2, -0.15) is 0 Å². The van der Waals surface area contributed by atoms with Crippen LogP contribution in [-0.4, -0.2) is 6.04 Å². The number of para-hydroxylation sites is 1. The van der Waals surface area contributed by atoms with Gasteiger partial charge in [0.25, 0.3) is 0 Å². The van der Waals surface area contributed by atoms with Gasteiger partial charge < -0.3 is 10.6 Å². The molecule has 1 aliphatic carbocycles. The first-order valence-corrected chi connectivity index (χ1v) is 9.45. The SMILES string of the molecule is C1=C\CC/C=C\CC/1.CC(C)[N-]c1ccccc[c+]1[N-]c1ccccc1.[Rh]. The first-order valence-electron chi connectivity index (χ1n) is 9.45. The molecule has 0 saturated carbocycles. The van der Waals surface area contributed by atoms with Crippen LogP contribution in [0, 0.1) is 0 Å². The van der Waals surface area contributed by atoms with Crippen molar-refractivity contribution < 1.29 is 19.5 Å². The van der Waals surface area contributed by atoms with E-state index in [9.17, 15) is 0 Å². The van der Waals surface area contributed by atoms with Gasteiger partial charge in [-0.25, -0.2) is 0 Å². The first-order chi connectivity index (χ1) is 12.8. The number of hydrogen-bond donors (Lipinski definition) is 0. The van der Waals surface area contributed by atoms with E-state index in [0.29, 0.717) is 0 Å². The normalized spacial score (nSPS) is 15.1. The summed E-state index contributed by atoms with van der Waals surface area (Å²) in [5.41, 5.74) is 2.78. The minimum Gasteiger partial charge on any atom is -0.666 e. The second-order valence-electron chi connectivity index (χ2n) is 6.45. The molecule has 145 valence electrons. The van der Waals surface area contributed by atoms with E-state index >= 15 is 0 Å². The zero-order chi connectivity index (χ0) is 18.5. The average Bonchev–Trinajstić information content (AvgIpc) is 2.81. The van der Waals surface area contributed by atoms with Gasteiger partial charge in [-0.1, -0.05) is 73.4 Å². The summed E-state index contributed by atoms with van der Waals surface area (Å²) in [6, 6.07) is 20.2. The molecule has 0 saturated heterocycles. The van der Waals surface area contributed by atoms with Gasteiger partial charge in [0.05, 0.1) is 0 Å². The van der Waals surface area contributed by atoms with Crippen molar-refractivity contribution in [1.82, 2.24) is 0 Å². The first kappa shape index (κ1) is 23.1. The predicted molar refractivity (Wildman–Crippen MR) is 115 cm³/mol. The summed E-state index contributed by atoms with van der Waals surface area (Å²) >= 11 is 0. The Morgan fingerprint density at radius 1 is 0.741 bits per heavy atom. The standard InChI is InChI=1S/C16H17N2.C8H12.Rh/c1-13(2)17-15-11-7-4-8-12-16(15)18-14-9-5-3-6-10-14;1-2-4-6-8-7-5-3-1;/h3-13H,1-2H3;1-2,7-8H,3-6H2;/q-1;;/b;2-1-,8-7-;. The monoisotopic (exact) mass is 448 g/mol. The van der Waals surface area contributed by atoms with Gasteiger partial charge >= 0.3 is 0 Å². The van der Waals surface area contributed by atoms with E-state index in [-0.39, 0.29) is 25.5 Å². The molecule has 0 N–H and O–H groups in total. The molecule has 0 heterocycles. The van der Waals surface area contributed by atoms with Crippen LogP contribution in [-0.2, 0) is 19.5 Å². The van der Waals surface area contributed by atoms with Crippen LogP contribution in [0.2, 0.25) is 0 Å². The van der Waals surface area contributed by atoms with Crippen LogP contribution >= 0.6 is 0 Å². The van der Waals surface area contributed by atoms with E-state index in [1.165, 1.54) is 25.7 Å². The molecule has 0 amide bonds. The summed E-state index contributed by atoms with van der Waals surface area (Å²) in [6.45, 7) is 4.14. The van der Waals surface area contributed by atoms with Crippen LogP contribution < -0.4 is 0 Å². The Labute approximate surface area is 177 Å². The Bertz CT molecular complexity index is 674. The van der Waals surface area contributed by atoms with E-state index in [0.717, 1.165) is 17.1 Å². The molecule has 0 fully saturated rings. The maximum Gasteiger partial charge on any atom is 0.00587 e. The second-order valence-corrected chi connectivity index (χ2v) is 6.45. The van der Waals surface area contributed by atoms with Gasteiger partial charge in [0.2, 0.25) is 0 Å². The number of hydrogen-bond acceptors (Lipinski definition) is 0. The number of nitrogens with zero attached hydrogens (tertiary/aromatic N) is 2. The second kappa shape index (κ2) is 14.1. The van der Waals surface area contributed by atoms with Crippen LogP contribution in [0.15, 0.2) is 85.0 Å². The summed E-state index contributed by atoms with van der Waals surface area (Å²) < 4.78 is 0. The van der Waals surface area contributed by atoms with Crippen molar-refractivity contribution in [3.05, 3.63) is 95.6 Å². The molecule has 2 aromatic carbocycles. The van der Waals surface area contributed by atoms with E-state index in [1.54, 1.807) is 0 Å². The molecule has 0 aliphatic heterocycles. The molecule has 2 nitrogen and oxygen atoms in total. The molecule has 0 unspecified atom stereocenters. The van der Waals surface area contributed by atoms with Crippen molar-refractivity contribution in [2.24, 2.45) is 0 Å². The van der Waals surface area contributed by atoms with Gasteiger partial charge in [-0.05, 0) is 56.0 Å². The minimum absolute atomic E-state index is 0. The van der Waals surface area contributed by atoms with Crippen molar-refractivity contribution in [2.75, 3.05) is 0 Å². The molecule has 2 aromatic rings. The Balaban J connectivity index is 0.000000342. The molecule has 1 radical (unpaired) electrons. The largest absolute Gasteiger partial charge is 0.666 e. The fourth-order valence-corrected chi connectivity index (χ4v) is 2.51. The number of rotatable bonds is 4. The van der Waals surface area contributed by atoms with Crippen molar-refractivity contribution in [3.63, 3.8) is 0 Å². The summed E-state index contributed by atoms with van der Waals surface area (Å²) in [7, 11) is 0. The molecule has 0 atom stereocenters. The number of benzene rings is 1. The summed E-state index contributed by atoms with van der Waals surface area (Å²) in [6.07, 6.45) is 14.0. The van der Waals surface area contributed by atoms with Crippen LogP contribution in [0.1, 0.15) is 39.5 Å². The zero-order valence-corrected chi connectivity index (χ0v) is 17.9. The molecular formula is C24H29N2Rh-. The molecule has 1 aliphatic rings. The summed E-state index contributed by atoms with van der Waals surface area (Å²) in [4.78, 5) is 0. The Kier molecular flexibility index (Phi) is 12.1. The van der Waals surface area contributed by atoms with Crippen LogP contribution in [0.3, 0.4) is 0 Å². The van der Waals surface area contributed by atoms with Gasteiger partial charge in [0, 0.05) is 31.6 Å². The molecule has 0 bridgehead atoms. The van der Waals surface area contributed by atoms with E-state index in [4.69, 9.17) is 0 Å². The van der Waals surface area contributed by atoms with Crippen LogP contribution in [0.4, 0.5) is 17.1 Å². The molecular weight excluding hydrogens is 419 g/mol. The maximum atomic E-state index is 4.64. The minimum atomic E-state index is 0.